The van der Waals surface area contributed by atoms with Gasteiger partial charge in [-0.05, 0) is 48.6 Å². The van der Waals surface area contributed by atoms with Crippen molar-refractivity contribution in [1.29, 1.82) is 0 Å². The number of anilines is 1. The third-order valence-electron chi connectivity index (χ3n) is 2.40. The molecule has 2 rings (SSSR count). The average molecular weight is 326 g/mol. The molecule has 94 valence electrons. The molecule has 0 unspecified atom stereocenters. The van der Waals surface area contributed by atoms with Crippen LogP contribution in [0, 0.1) is 6.92 Å². The fourth-order valence-electron chi connectivity index (χ4n) is 1.61. The number of carbonyl (C=O) groups excluding carboxylic acids is 1. The maximum absolute atomic E-state index is 12.1. The Labute approximate surface area is 118 Å². The van der Waals surface area contributed by atoms with Crippen molar-refractivity contribution in [2.24, 2.45) is 0 Å². The van der Waals surface area contributed by atoms with E-state index in [1.165, 1.54) is 0 Å². The van der Waals surface area contributed by atoms with Crippen LogP contribution in [0.2, 0.25) is 0 Å². The van der Waals surface area contributed by atoms with E-state index >= 15 is 0 Å². The standard InChI is InChI=1S/C12H12BrN3OS/c1-3-10-11(18-16-15-10)12(17)14-9-5-7(2)4-8(13)6-9/h4-6H,3H2,1-2H3,(H,14,17). The molecule has 1 aromatic heterocycles. The van der Waals surface area contributed by atoms with E-state index < -0.39 is 0 Å². The normalized spacial score (nSPS) is 10.4. The van der Waals surface area contributed by atoms with E-state index in [4.69, 9.17) is 0 Å². The lowest BCUT2D eigenvalue weighted by molar-refractivity contribution is 0.102. The molecule has 0 aliphatic carbocycles. The summed E-state index contributed by atoms with van der Waals surface area (Å²) in [6, 6.07) is 5.77. The highest BCUT2D eigenvalue weighted by molar-refractivity contribution is 9.10. The van der Waals surface area contributed by atoms with Gasteiger partial charge in [0.1, 0.15) is 4.88 Å². The highest BCUT2D eigenvalue weighted by atomic mass is 79.9. The van der Waals surface area contributed by atoms with Crippen molar-refractivity contribution < 1.29 is 4.79 Å². The lowest BCUT2D eigenvalue weighted by atomic mass is 10.2. The van der Waals surface area contributed by atoms with Gasteiger partial charge in [-0.3, -0.25) is 4.79 Å². The molecule has 2 aromatic rings. The van der Waals surface area contributed by atoms with Crippen LogP contribution < -0.4 is 5.32 Å². The van der Waals surface area contributed by atoms with Crippen LogP contribution in [-0.4, -0.2) is 15.5 Å². The minimum absolute atomic E-state index is 0.153. The first-order chi connectivity index (χ1) is 8.60. The van der Waals surface area contributed by atoms with Gasteiger partial charge in [0.05, 0.1) is 5.69 Å². The van der Waals surface area contributed by atoms with Gasteiger partial charge < -0.3 is 5.32 Å². The first kappa shape index (κ1) is 13.2. The molecule has 18 heavy (non-hydrogen) atoms. The molecule has 0 radical (unpaired) electrons. The summed E-state index contributed by atoms with van der Waals surface area (Å²) in [7, 11) is 0. The summed E-state index contributed by atoms with van der Waals surface area (Å²) in [6.45, 7) is 3.93. The minimum atomic E-state index is -0.153. The monoisotopic (exact) mass is 325 g/mol. The van der Waals surface area contributed by atoms with E-state index in [-0.39, 0.29) is 5.91 Å². The Kier molecular flexibility index (Phi) is 4.08. The molecule has 1 aromatic carbocycles. The zero-order valence-corrected chi connectivity index (χ0v) is 12.4. The van der Waals surface area contributed by atoms with Crippen LogP contribution in [0.15, 0.2) is 22.7 Å². The summed E-state index contributed by atoms with van der Waals surface area (Å²) in [4.78, 5) is 12.7. The number of carbonyl (C=O) groups is 1. The van der Waals surface area contributed by atoms with Crippen LogP contribution in [0.3, 0.4) is 0 Å². The number of halogens is 1. The smallest absolute Gasteiger partial charge is 0.269 e. The zero-order valence-electron chi connectivity index (χ0n) is 10.0. The van der Waals surface area contributed by atoms with E-state index in [1.807, 2.05) is 32.0 Å². The highest BCUT2D eigenvalue weighted by Crippen LogP contribution is 2.20. The highest BCUT2D eigenvalue weighted by Gasteiger charge is 2.15. The van der Waals surface area contributed by atoms with Crippen molar-refractivity contribution in [1.82, 2.24) is 9.59 Å². The van der Waals surface area contributed by atoms with Crippen LogP contribution >= 0.6 is 27.5 Å². The number of rotatable bonds is 3. The van der Waals surface area contributed by atoms with Gasteiger partial charge in [0.15, 0.2) is 0 Å². The summed E-state index contributed by atoms with van der Waals surface area (Å²) >= 11 is 4.53. The second-order valence-electron chi connectivity index (χ2n) is 3.87. The number of nitrogens with one attached hydrogen (secondary N) is 1. The fourth-order valence-corrected chi connectivity index (χ4v) is 2.86. The average Bonchev–Trinajstić information content (AvgIpc) is 2.75. The van der Waals surface area contributed by atoms with Crippen LogP contribution in [0.1, 0.15) is 27.9 Å². The molecule has 0 aliphatic rings. The lowest BCUT2D eigenvalue weighted by Crippen LogP contribution is -2.12. The number of aryl methyl sites for hydroxylation is 2. The van der Waals surface area contributed by atoms with Gasteiger partial charge >= 0.3 is 0 Å². The van der Waals surface area contributed by atoms with Crippen molar-refractivity contribution >= 4 is 39.1 Å². The first-order valence-electron chi connectivity index (χ1n) is 5.50. The SMILES string of the molecule is CCc1nnsc1C(=O)Nc1cc(C)cc(Br)c1. The van der Waals surface area contributed by atoms with Crippen LogP contribution in [0.4, 0.5) is 5.69 Å². The predicted molar refractivity (Wildman–Crippen MR) is 76.1 cm³/mol. The molecule has 0 spiro atoms. The molecule has 4 nitrogen and oxygen atoms in total. The Balaban J connectivity index is 2.21. The fraction of sp³-hybridized carbons (Fsp3) is 0.250. The Morgan fingerprint density at radius 2 is 2.22 bits per heavy atom. The van der Waals surface area contributed by atoms with Crippen LogP contribution in [0.25, 0.3) is 0 Å². The van der Waals surface area contributed by atoms with Gasteiger partial charge in [-0.2, -0.15) is 0 Å². The molecular formula is C12H12BrN3OS. The molecule has 6 heteroatoms. The summed E-state index contributed by atoms with van der Waals surface area (Å²) < 4.78 is 4.75. The van der Waals surface area contributed by atoms with Crippen molar-refractivity contribution in [2.45, 2.75) is 20.3 Å². The van der Waals surface area contributed by atoms with E-state index in [0.29, 0.717) is 11.3 Å². The van der Waals surface area contributed by atoms with E-state index in [9.17, 15) is 4.79 Å². The quantitative estimate of drug-likeness (QED) is 0.940. The van der Waals surface area contributed by atoms with Gasteiger partial charge in [-0.1, -0.05) is 27.3 Å². The maximum atomic E-state index is 12.1. The van der Waals surface area contributed by atoms with Crippen molar-refractivity contribution in [3.05, 3.63) is 38.8 Å². The van der Waals surface area contributed by atoms with E-state index in [2.05, 4.69) is 30.8 Å². The lowest BCUT2D eigenvalue weighted by Gasteiger charge is -2.06. The minimum Gasteiger partial charge on any atom is -0.321 e. The van der Waals surface area contributed by atoms with Crippen molar-refractivity contribution in [3.8, 4) is 0 Å². The molecule has 1 amide bonds. The summed E-state index contributed by atoms with van der Waals surface area (Å²) in [6.07, 6.45) is 0.705. The second-order valence-corrected chi connectivity index (χ2v) is 5.54. The number of benzene rings is 1. The zero-order chi connectivity index (χ0) is 13.1. The number of hydrogen-bond acceptors (Lipinski definition) is 4. The van der Waals surface area contributed by atoms with E-state index in [0.717, 1.165) is 32.9 Å². The summed E-state index contributed by atoms with van der Waals surface area (Å²) in [5.41, 5.74) is 2.59. The first-order valence-corrected chi connectivity index (χ1v) is 7.06. The summed E-state index contributed by atoms with van der Waals surface area (Å²) in [5, 5.41) is 6.79. The van der Waals surface area contributed by atoms with Gasteiger partial charge in [0.2, 0.25) is 0 Å². The van der Waals surface area contributed by atoms with E-state index in [1.54, 1.807) is 0 Å². The van der Waals surface area contributed by atoms with Gasteiger partial charge in [-0.15, -0.1) is 5.10 Å². The van der Waals surface area contributed by atoms with Crippen molar-refractivity contribution in [3.63, 3.8) is 0 Å². The second kappa shape index (κ2) is 5.58. The van der Waals surface area contributed by atoms with Crippen molar-refractivity contribution in [2.75, 3.05) is 5.32 Å². The number of nitrogens with zero attached hydrogens (tertiary/aromatic N) is 2. The molecule has 1 N–H and O–H groups in total. The third-order valence-corrected chi connectivity index (χ3v) is 3.62. The molecule has 1 heterocycles. The number of aromatic nitrogens is 2. The van der Waals surface area contributed by atoms with Crippen LogP contribution in [0.5, 0.6) is 0 Å². The van der Waals surface area contributed by atoms with Gasteiger partial charge in [-0.25, -0.2) is 0 Å². The summed E-state index contributed by atoms with van der Waals surface area (Å²) in [5.74, 6) is -0.153. The molecule has 0 saturated heterocycles. The molecule has 0 bridgehead atoms. The molecule has 0 saturated carbocycles. The molecular weight excluding hydrogens is 314 g/mol. The maximum Gasteiger partial charge on any atom is 0.269 e. The Morgan fingerprint density at radius 3 is 2.89 bits per heavy atom. The van der Waals surface area contributed by atoms with Crippen LogP contribution in [-0.2, 0) is 6.42 Å². The Morgan fingerprint density at radius 1 is 1.44 bits per heavy atom. The topological polar surface area (TPSA) is 54.9 Å². The largest absolute Gasteiger partial charge is 0.321 e. The van der Waals surface area contributed by atoms with Gasteiger partial charge in [0, 0.05) is 10.2 Å². The molecule has 0 atom stereocenters. The number of hydrogen-bond donors (Lipinski definition) is 1. The number of amides is 1. The predicted octanol–water partition coefficient (Wildman–Crippen LogP) is 3.42. The molecule has 0 fully saturated rings. The third kappa shape index (κ3) is 2.94. The van der Waals surface area contributed by atoms with Gasteiger partial charge in [0.25, 0.3) is 5.91 Å². The Bertz CT molecular complexity index is 562. The molecule has 0 aliphatic heterocycles. The Hall–Kier alpha value is -1.27.